The van der Waals surface area contributed by atoms with E-state index >= 15 is 0 Å². The van der Waals surface area contributed by atoms with Crippen LogP contribution in [0.2, 0.25) is 5.22 Å². The molecule has 96 valence electrons. The lowest BCUT2D eigenvalue weighted by atomic mass is 10.3. The van der Waals surface area contributed by atoms with E-state index in [1.807, 2.05) is 30.3 Å². The quantitative estimate of drug-likeness (QED) is 0.844. The van der Waals surface area contributed by atoms with E-state index in [0.29, 0.717) is 11.8 Å². The summed E-state index contributed by atoms with van der Waals surface area (Å²) in [5.41, 5.74) is 0.996. The molecule has 18 heavy (non-hydrogen) atoms. The van der Waals surface area contributed by atoms with Gasteiger partial charge in [-0.2, -0.15) is 0 Å². The minimum Gasteiger partial charge on any atom is -0.494 e. The van der Waals surface area contributed by atoms with Crippen molar-refractivity contribution in [2.45, 2.75) is 19.9 Å². The Balaban J connectivity index is 1.92. The Morgan fingerprint density at radius 3 is 2.89 bits per heavy atom. The lowest BCUT2D eigenvalue weighted by Crippen LogP contribution is -1.99. The van der Waals surface area contributed by atoms with Gasteiger partial charge in [-0.25, -0.2) is 0 Å². The van der Waals surface area contributed by atoms with Crippen molar-refractivity contribution in [2.24, 2.45) is 0 Å². The van der Waals surface area contributed by atoms with E-state index < -0.39 is 0 Å². The SMILES string of the molecule is CCCOc1cccc(NCc2ccc(Cl)o2)c1. The van der Waals surface area contributed by atoms with Crippen LogP contribution in [0.1, 0.15) is 19.1 Å². The lowest BCUT2D eigenvalue weighted by molar-refractivity contribution is 0.317. The summed E-state index contributed by atoms with van der Waals surface area (Å²) in [5.74, 6) is 1.68. The van der Waals surface area contributed by atoms with Crippen LogP contribution in [0.4, 0.5) is 5.69 Å². The first-order valence-corrected chi connectivity index (χ1v) is 6.36. The summed E-state index contributed by atoms with van der Waals surface area (Å²) < 4.78 is 10.8. The van der Waals surface area contributed by atoms with Gasteiger partial charge in [0.1, 0.15) is 11.5 Å². The van der Waals surface area contributed by atoms with E-state index in [2.05, 4.69) is 12.2 Å². The summed E-state index contributed by atoms with van der Waals surface area (Å²) >= 11 is 5.71. The van der Waals surface area contributed by atoms with Crippen molar-refractivity contribution in [1.82, 2.24) is 0 Å². The van der Waals surface area contributed by atoms with Crippen molar-refractivity contribution in [3.05, 3.63) is 47.4 Å². The predicted molar refractivity (Wildman–Crippen MR) is 73.3 cm³/mol. The molecule has 3 nitrogen and oxygen atoms in total. The van der Waals surface area contributed by atoms with Gasteiger partial charge < -0.3 is 14.5 Å². The zero-order valence-electron chi connectivity index (χ0n) is 10.3. The Bertz CT molecular complexity index is 496. The highest BCUT2D eigenvalue weighted by molar-refractivity contribution is 6.28. The van der Waals surface area contributed by atoms with E-state index in [1.54, 1.807) is 6.07 Å². The lowest BCUT2D eigenvalue weighted by Gasteiger charge is -2.08. The third-order valence-electron chi connectivity index (χ3n) is 2.40. The molecule has 0 bridgehead atoms. The van der Waals surface area contributed by atoms with Gasteiger partial charge >= 0.3 is 0 Å². The molecule has 0 amide bonds. The van der Waals surface area contributed by atoms with Crippen molar-refractivity contribution in [2.75, 3.05) is 11.9 Å². The van der Waals surface area contributed by atoms with Gasteiger partial charge in [0.15, 0.2) is 5.22 Å². The average molecular weight is 266 g/mol. The molecule has 1 N–H and O–H groups in total. The van der Waals surface area contributed by atoms with Crippen LogP contribution >= 0.6 is 11.6 Å². The summed E-state index contributed by atoms with van der Waals surface area (Å²) in [6.45, 7) is 3.42. The number of anilines is 1. The molecule has 0 unspecified atom stereocenters. The molecule has 0 atom stereocenters. The van der Waals surface area contributed by atoms with Crippen LogP contribution < -0.4 is 10.1 Å². The number of ether oxygens (including phenoxy) is 1. The summed E-state index contributed by atoms with van der Waals surface area (Å²) in [6.07, 6.45) is 1.00. The molecule has 0 radical (unpaired) electrons. The fourth-order valence-electron chi connectivity index (χ4n) is 1.55. The molecule has 0 fully saturated rings. The second-order valence-electron chi connectivity index (χ2n) is 3.94. The molecule has 0 spiro atoms. The molecule has 4 heteroatoms. The van der Waals surface area contributed by atoms with Crippen LogP contribution in [0, 0.1) is 0 Å². The number of nitrogens with one attached hydrogen (secondary N) is 1. The maximum Gasteiger partial charge on any atom is 0.193 e. The topological polar surface area (TPSA) is 34.4 Å². The first-order chi connectivity index (χ1) is 8.78. The molecule has 0 saturated carbocycles. The molecular formula is C14H16ClNO2. The van der Waals surface area contributed by atoms with Gasteiger partial charge in [-0.3, -0.25) is 0 Å². The first-order valence-electron chi connectivity index (χ1n) is 5.99. The third kappa shape index (κ3) is 3.70. The fourth-order valence-corrected chi connectivity index (χ4v) is 1.71. The highest BCUT2D eigenvalue weighted by atomic mass is 35.5. The molecule has 0 aliphatic carbocycles. The number of hydrogen-bond donors (Lipinski definition) is 1. The number of rotatable bonds is 6. The van der Waals surface area contributed by atoms with Crippen LogP contribution in [0.5, 0.6) is 5.75 Å². The maximum absolute atomic E-state index is 5.71. The molecule has 1 heterocycles. The van der Waals surface area contributed by atoms with Gasteiger partial charge in [0, 0.05) is 11.8 Å². The van der Waals surface area contributed by atoms with E-state index in [-0.39, 0.29) is 0 Å². The number of benzene rings is 1. The molecule has 1 aromatic carbocycles. The first kappa shape index (κ1) is 12.8. The Hall–Kier alpha value is -1.61. The molecule has 0 aliphatic heterocycles. The van der Waals surface area contributed by atoms with Crippen LogP contribution in [0.25, 0.3) is 0 Å². The summed E-state index contributed by atoms with van der Waals surface area (Å²) in [5, 5.41) is 3.67. The number of hydrogen-bond acceptors (Lipinski definition) is 3. The largest absolute Gasteiger partial charge is 0.494 e. The average Bonchev–Trinajstić information content (AvgIpc) is 2.80. The standard InChI is InChI=1S/C14H16ClNO2/c1-2-8-17-12-5-3-4-11(9-12)16-10-13-6-7-14(15)18-13/h3-7,9,16H,2,8,10H2,1H3. The van der Waals surface area contributed by atoms with Crippen molar-refractivity contribution in [3.63, 3.8) is 0 Å². The molecule has 1 aromatic heterocycles. The second kappa shape index (κ2) is 6.36. The summed E-state index contributed by atoms with van der Waals surface area (Å²) in [6, 6.07) is 11.5. The Labute approximate surface area is 112 Å². The second-order valence-corrected chi connectivity index (χ2v) is 4.31. The van der Waals surface area contributed by atoms with E-state index in [0.717, 1.165) is 30.2 Å². The van der Waals surface area contributed by atoms with Gasteiger partial charge in [-0.15, -0.1) is 0 Å². The minimum absolute atomic E-state index is 0.409. The fraction of sp³-hybridized carbons (Fsp3) is 0.286. The molecular weight excluding hydrogens is 250 g/mol. The monoisotopic (exact) mass is 265 g/mol. The Morgan fingerprint density at radius 1 is 1.28 bits per heavy atom. The molecule has 2 rings (SSSR count). The van der Waals surface area contributed by atoms with Gasteiger partial charge in [-0.05, 0) is 42.3 Å². The Kier molecular flexibility index (Phi) is 4.53. The molecule has 2 aromatic rings. The number of halogens is 1. The van der Waals surface area contributed by atoms with Crippen LogP contribution in [-0.4, -0.2) is 6.61 Å². The van der Waals surface area contributed by atoms with E-state index in [1.165, 1.54) is 0 Å². The van der Waals surface area contributed by atoms with Gasteiger partial charge in [-0.1, -0.05) is 13.0 Å². The van der Waals surface area contributed by atoms with Gasteiger partial charge in [0.25, 0.3) is 0 Å². The normalized spacial score (nSPS) is 10.3. The maximum atomic E-state index is 5.71. The molecule has 0 saturated heterocycles. The zero-order valence-corrected chi connectivity index (χ0v) is 11.0. The van der Waals surface area contributed by atoms with Crippen molar-refractivity contribution < 1.29 is 9.15 Å². The molecule has 0 aliphatic rings. The minimum atomic E-state index is 0.409. The summed E-state index contributed by atoms with van der Waals surface area (Å²) in [4.78, 5) is 0. The highest BCUT2D eigenvalue weighted by Crippen LogP contribution is 2.19. The van der Waals surface area contributed by atoms with E-state index in [9.17, 15) is 0 Å². The van der Waals surface area contributed by atoms with Crippen molar-refractivity contribution in [1.29, 1.82) is 0 Å². The predicted octanol–water partition coefficient (Wildman–Crippen LogP) is 4.33. The van der Waals surface area contributed by atoms with Crippen LogP contribution in [0.15, 0.2) is 40.8 Å². The summed E-state index contributed by atoms with van der Waals surface area (Å²) in [7, 11) is 0. The van der Waals surface area contributed by atoms with Crippen LogP contribution in [-0.2, 0) is 6.54 Å². The Morgan fingerprint density at radius 2 is 2.17 bits per heavy atom. The zero-order chi connectivity index (χ0) is 12.8. The van der Waals surface area contributed by atoms with Crippen molar-refractivity contribution in [3.8, 4) is 5.75 Å². The van der Waals surface area contributed by atoms with Gasteiger partial charge in [0.2, 0.25) is 0 Å². The van der Waals surface area contributed by atoms with Crippen molar-refractivity contribution >= 4 is 17.3 Å². The third-order valence-corrected chi connectivity index (χ3v) is 2.61. The highest BCUT2D eigenvalue weighted by Gasteiger charge is 2.00. The van der Waals surface area contributed by atoms with Gasteiger partial charge in [0.05, 0.1) is 13.2 Å². The van der Waals surface area contributed by atoms with Crippen LogP contribution in [0.3, 0.4) is 0 Å². The number of furan rings is 1. The smallest absolute Gasteiger partial charge is 0.193 e. The van der Waals surface area contributed by atoms with E-state index in [4.69, 9.17) is 20.8 Å².